The van der Waals surface area contributed by atoms with E-state index in [0.29, 0.717) is 18.7 Å². The topological polar surface area (TPSA) is 64.0 Å². The van der Waals surface area contributed by atoms with Gasteiger partial charge in [-0.05, 0) is 36.3 Å². The number of fused-ring (bicyclic) bond motifs is 1. The lowest BCUT2D eigenvalue weighted by atomic mass is 10.2. The second-order valence-corrected chi connectivity index (χ2v) is 5.58. The van der Waals surface area contributed by atoms with Crippen LogP contribution in [0.1, 0.15) is 28.0 Å². The van der Waals surface area contributed by atoms with Gasteiger partial charge in [-0.3, -0.25) is 9.59 Å². The fraction of sp³-hybridized carbons (Fsp3) is 0.357. The van der Waals surface area contributed by atoms with Gasteiger partial charge in [0.25, 0.3) is 11.5 Å². The monoisotopic (exact) mass is 289 g/mol. The van der Waals surface area contributed by atoms with Crippen LogP contribution in [0.2, 0.25) is 0 Å². The molecule has 1 aliphatic carbocycles. The number of hydrogen-bond acceptors (Lipinski definition) is 4. The minimum atomic E-state index is -0.111. The maximum Gasteiger partial charge on any atom is 0.267 e. The molecular weight excluding hydrogens is 274 g/mol. The molecule has 6 heteroatoms. The largest absolute Gasteiger partial charge is 0.350 e. The van der Waals surface area contributed by atoms with Crippen LogP contribution in [0, 0.1) is 0 Å². The smallest absolute Gasteiger partial charge is 0.267 e. The molecule has 0 spiro atoms. The minimum absolute atomic E-state index is 0.0876. The molecule has 2 aromatic rings. The van der Waals surface area contributed by atoms with Crippen molar-refractivity contribution < 1.29 is 4.79 Å². The van der Waals surface area contributed by atoms with Crippen LogP contribution in [0.25, 0.3) is 0 Å². The first-order valence-electron chi connectivity index (χ1n) is 6.64. The lowest BCUT2D eigenvalue weighted by Gasteiger charge is -2.07. The summed E-state index contributed by atoms with van der Waals surface area (Å²) in [6.45, 7) is 0.808. The second-order valence-electron chi connectivity index (χ2n) is 4.80. The van der Waals surface area contributed by atoms with E-state index in [4.69, 9.17) is 0 Å². The summed E-state index contributed by atoms with van der Waals surface area (Å²) in [6, 6.07) is 3.45. The third kappa shape index (κ3) is 2.65. The highest BCUT2D eigenvalue weighted by molar-refractivity contribution is 7.08. The number of rotatable bonds is 4. The molecular formula is C14H15N3O2S. The Hall–Kier alpha value is -1.95. The third-order valence-electron chi connectivity index (χ3n) is 3.42. The average Bonchev–Trinajstić information content (AvgIpc) is 3.08. The van der Waals surface area contributed by atoms with Crippen molar-refractivity contribution in [1.82, 2.24) is 15.1 Å². The molecule has 1 N–H and O–H groups in total. The number of amides is 1. The highest BCUT2D eigenvalue weighted by Crippen LogP contribution is 2.16. The molecule has 0 fully saturated rings. The first kappa shape index (κ1) is 13.1. The van der Waals surface area contributed by atoms with Gasteiger partial charge < -0.3 is 5.32 Å². The summed E-state index contributed by atoms with van der Waals surface area (Å²) in [5.41, 5.74) is 2.67. The van der Waals surface area contributed by atoms with Crippen LogP contribution in [-0.2, 0) is 19.4 Å². The number of nitrogens with one attached hydrogen (secondary N) is 1. The van der Waals surface area contributed by atoms with E-state index in [0.717, 1.165) is 30.5 Å². The van der Waals surface area contributed by atoms with Gasteiger partial charge in [0.1, 0.15) is 0 Å². The van der Waals surface area contributed by atoms with Crippen molar-refractivity contribution in [3.8, 4) is 0 Å². The summed E-state index contributed by atoms with van der Waals surface area (Å²) in [5, 5.41) is 10.8. The van der Waals surface area contributed by atoms with Gasteiger partial charge in [0.2, 0.25) is 0 Å². The summed E-state index contributed by atoms with van der Waals surface area (Å²) in [7, 11) is 0. The standard InChI is InChI=1S/C14H15N3O2S/c18-13-8-10-2-1-3-12(10)16-17(13)6-5-15-14(19)11-4-7-20-9-11/h4,7-9H,1-3,5-6H2,(H,15,19). The van der Waals surface area contributed by atoms with Gasteiger partial charge >= 0.3 is 0 Å². The molecule has 2 aromatic heterocycles. The number of carbonyl (C=O) groups excluding carboxylic acids is 1. The number of thiophene rings is 1. The molecule has 5 nitrogen and oxygen atoms in total. The molecule has 2 heterocycles. The summed E-state index contributed by atoms with van der Waals surface area (Å²) in [4.78, 5) is 23.6. The maximum atomic E-state index is 11.9. The molecule has 0 aromatic carbocycles. The van der Waals surface area contributed by atoms with Crippen molar-refractivity contribution in [2.45, 2.75) is 25.8 Å². The number of hydrogen-bond donors (Lipinski definition) is 1. The Bertz CT molecular complexity index is 676. The van der Waals surface area contributed by atoms with E-state index in [2.05, 4.69) is 10.4 Å². The Morgan fingerprint density at radius 2 is 2.35 bits per heavy atom. The van der Waals surface area contributed by atoms with Crippen molar-refractivity contribution in [3.63, 3.8) is 0 Å². The molecule has 20 heavy (non-hydrogen) atoms. The fourth-order valence-corrected chi connectivity index (χ4v) is 3.01. The zero-order valence-electron chi connectivity index (χ0n) is 11.0. The fourth-order valence-electron chi connectivity index (χ4n) is 2.37. The molecule has 104 valence electrons. The van der Waals surface area contributed by atoms with E-state index in [-0.39, 0.29) is 11.5 Å². The summed E-state index contributed by atoms with van der Waals surface area (Å²) < 4.78 is 1.44. The van der Waals surface area contributed by atoms with Gasteiger partial charge in [-0.2, -0.15) is 16.4 Å². The van der Waals surface area contributed by atoms with Gasteiger partial charge in [-0.25, -0.2) is 4.68 Å². The molecule has 0 saturated heterocycles. The quantitative estimate of drug-likeness (QED) is 0.920. The zero-order valence-corrected chi connectivity index (χ0v) is 11.8. The number of aromatic nitrogens is 2. The van der Waals surface area contributed by atoms with Gasteiger partial charge in [-0.1, -0.05) is 0 Å². The molecule has 0 atom stereocenters. The Kier molecular flexibility index (Phi) is 3.64. The first-order valence-corrected chi connectivity index (χ1v) is 7.58. The molecule has 1 aliphatic rings. The second kappa shape index (κ2) is 5.58. The van der Waals surface area contributed by atoms with Crippen LogP contribution in [0.5, 0.6) is 0 Å². The predicted octanol–water partition coefficient (Wildman–Crippen LogP) is 1.22. The van der Waals surface area contributed by atoms with E-state index in [9.17, 15) is 9.59 Å². The lowest BCUT2D eigenvalue weighted by molar-refractivity contribution is 0.0952. The minimum Gasteiger partial charge on any atom is -0.350 e. The number of aryl methyl sites for hydroxylation is 2. The summed E-state index contributed by atoms with van der Waals surface area (Å²) in [5.74, 6) is -0.111. The lowest BCUT2D eigenvalue weighted by Crippen LogP contribution is -2.32. The maximum absolute atomic E-state index is 11.9. The Morgan fingerprint density at radius 1 is 1.45 bits per heavy atom. The van der Waals surface area contributed by atoms with Gasteiger partial charge in [0, 0.05) is 23.6 Å². The summed E-state index contributed by atoms with van der Waals surface area (Å²) >= 11 is 1.49. The number of nitrogens with zero attached hydrogens (tertiary/aromatic N) is 2. The zero-order chi connectivity index (χ0) is 13.9. The van der Waals surface area contributed by atoms with Crippen LogP contribution in [-0.4, -0.2) is 22.2 Å². The van der Waals surface area contributed by atoms with Crippen molar-refractivity contribution in [3.05, 3.63) is 50.1 Å². The molecule has 0 radical (unpaired) electrons. The molecule has 3 rings (SSSR count). The van der Waals surface area contributed by atoms with E-state index in [1.54, 1.807) is 17.5 Å². The van der Waals surface area contributed by atoms with Gasteiger partial charge in [0.05, 0.1) is 12.2 Å². The van der Waals surface area contributed by atoms with Crippen molar-refractivity contribution in [2.75, 3.05) is 6.54 Å². The molecule has 0 aliphatic heterocycles. The van der Waals surface area contributed by atoms with E-state index in [1.165, 1.54) is 16.0 Å². The summed E-state index contributed by atoms with van der Waals surface area (Å²) in [6.07, 6.45) is 2.96. The first-order chi connectivity index (χ1) is 9.74. The van der Waals surface area contributed by atoms with E-state index >= 15 is 0 Å². The Balaban J connectivity index is 1.62. The molecule has 0 saturated carbocycles. The van der Waals surface area contributed by atoms with E-state index in [1.807, 2.05) is 5.38 Å². The van der Waals surface area contributed by atoms with Crippen molar-refractivity contribution in [2.24, 2.45) is 0 Å². The highest BCUT2D eigenvalue weighted by Gasteiger charge is 2.14. The Labute approximate surface area is 120 Å². The van der Waals surface area contributed by atoms with Crippen LogP contribution in [0.3, 0.4) is 0 Å². The van der Waals surface area contributed by atoms with Crippen LogP contribution < -0.4 is 10.9 Å². The third-order valence-corrected chi connectivity index (χ3v) is 4.10. The van der Waals surface area contributed by atoms with Crippen LogP contribution >= 0.6 is 11.3 Å². The normalized spacial score (nSPS) is 13.2. The van der Waals surface area contributed by atoms with Gasteiger partial charge in [-0.15, -0.1) is 0 Å². The SMILES string of the molecule is O=C(NCCn1nc2c(cc1=O)CCC2)c1ccsc1. The van der Waals surface area contributed by atoms with Crippen LogP contribution in [0.15, 0.2) is 27.7 Å². The van der Waals surface area contributed by atoms with Gasteiger partial charge in [0.15, 0.2) is 0 Å². The number of carbonyl (C=O) groups is 1. The Morgan fingerprint density at radius 3 is 3.15 bits per heavy atom. The molecule has 1 amide bonds. The van der Waals surface area contributed by atoms with Crippen molar-refractivity contribution >= 4 is 17.2 Å². The average molecular weight is 289 g/mol. The van der Waals surface area contributed by atoms with E-state index < -0.39 is 0 Å². The molecule has 0 unspecified atom stereocenters. The predicted molar refractivity (Wildman–Crippen MR) is 77.2 cm³/mol. The van der Waals surface area contributed by atoms with Crippen LogP contribution in [0.4, 0.5) is 0 Å². The molecule has 0 bridgehead atoms. The highest BCUT2D eigenvalue weighted by atomic mass is 32.1. The van der Waals surface area contributed by atoms with Crippen molar-refractivity contribution in [1.29, 1.82) is 0 Å².